The summed E-state index contributed by atoms with van der Waals surface area (Å²) in [5, 5.41) is 10.0. The largest absolute Gasteiger partial charge is 0.387 e. The van der Waals surface area contributed by atoms with Crippen molar-refractivity contribution in [1.82, 2.24) is 0 Å². The fraction of sp³-hybridized carbons (Fsp3) is 1.00. The highest BCUT2D eigenvalue weighted by Crippen LogP contribution is 2.24. The average Bonchev–Trinajstić information content (AvgIpc) is 2.71. The molecule has 0 saturated heterocycles. The summed E-state index contributed by atoms with van der Waals surface area (Å²) in [7, 11) is 0. The van der Waals surface area contributed by atoms with Crippen LogP contribution in [0.25, 0.3) is 0 Å². The van der Waals surface area contributed by atoms with Crippen molar-refractivity contribution in [2.45, 2.75) is 123 Å². The Kier molecular flexibility index (Phi) is 20.3. The fourth-order valence-electron chi connectivity index (χ4n) is 3.12. The van der Waals surface area contributed by atoms with Crippen molar-refractivity contribution < 1.29 is 24.1 Å². The first-order valence-corrected chi connectivity index (χ1v) is 12.9. The first kappa shape index (κ1) is 30.8. The summed E-state index contributed by atoms with van der Waals surface area (Å²) >= 11 is 0. The van der Waals surface area contributed by atoms with Crippen molar-refractivity contribution in [3.8, 4) is 0 Å². The van der Waals surface area contributed by atoms with Gasteiger partial charge in [-0.1, -0.05) is 77.6 Å². The van der Waals surface area contributed by atoms with Gasteiger partial charge in [0, 0.05) is 6.61 Å². The summed E-state index contributed by atoms with van der Waals surface area (Å²) in [6.07, 6.45) is 16.4. The molecule has 0 fully saturated rings. The highest BCUT2D eigenvalue weighted by Gasteiger charge is 2.35. The van der Waals surface area contributed by atoms with E-state index in [-0.39, 0.29) is 0 Å². The summed E-state index contributed by atoms with van der Waals surface area (Å²) in [5.74, 6) is 0. The van der Waals surface area contributed by atoms with Crippen LogP contribution >= 0.6 is 0 Å². The molecule has 0 saturated carbocycles. The molecule has 0 unspecified atom stereocenters. The van der Waals surface area contributed by atoms with E-state index < -0.39 is 11.2 Å². The van der Waals surface area contributed by atoms with Gasteiger partial charge in [-0.05, 0) is 34.1 Å². The Morgan fingerprint density at radius 3 is 1.26 bits per heavy atom. The van der Waals surface area contributed by atoms with Crippen LogP contribution in [0.5, 0.6) is 0 Å². The minimum atomic E-state index is -0.886. The van der Waals surface area contributed by atoms with Gasteiger partial charge in [0.1, 0.15) is 0 Å². The first-order chi connectivity index (χ1) is 14.8. The van der Waals surface area contributed by atoms with Crippen LogP contribution in [0.1, 0.15) is 112 Å². The molecule has 5 nitrogen and oxygen atoms in total. The monoisotopic (exact) mass is 446 g/mol. The molecule has 0 rings (SSSR count). The maximum absolute atomic E-state index is 10.0. The molecule has 0 radical (unpaired) electrons. The number of hydrogen-bond acceptors (Lipinski definition) is 5. The summed E-state index contributed by atoms with van der Waals surface area (Å²) < 4.78 is 22.3. The smallest absolute Gasteiger partial charge is 0.0907 e. The van der Waals surface area contributed by atoms with Crippen LogP contribution in [0, 0.1) is 0 Å². The van der Waals surface area contributed by atoms with Crippen LogP contribution in [0.4, 0.5) is 0 Å². The van der Waals surface area contributed by atoms with Gasteiger partial charge in [-0.3, -0.25) is 0 Å². The lowest BCUT2D eigenvalue weighted by Crippen LogP contribution is -2.47. The van der Waals surface area contributed by atoms with E-state index in [9.17, 15) is 5.11 Å². The van der Waals surface area contributed by atoms with E-state index in [4.69, 9.17) is 18.9 Å². The van der Waals surface area contributed by atoms with E-state index in [1.54, 1.807) is 13.8 Å². The maximum Gasteiger partial charge on any atom is 0.0907 e. The Bertz CT molecular complexity index is 365. The van der Waals surface area contributed by atoms with Gasteiger partial charge in [-0.25, -0.2) is 0 Å². The number of aliphatic hydroxyl groups is 1. The zero-order chi connectivity index (χ0) is 23.3. The van der Waals surface area contributed by atoms with E-state index in [0.29, 0.717) is 39.6 Å². The third kappa shape index (κ3) is 20.2. The number of unbranched alkanes of at least 4 members (excludes halogenated alkanes) is 11. The Hall–Kier alpha value is -0.200. The minimum absolute atomic E-state index is 0.457. The average molecular weight is 447 g/mol. The van der Waals surface area contributed by atoms with Gasteiger partial charge in [-0.2, -0.15) is 0 Å². The number of ether oxygens (including phenoxy) is 4. The predicted molar refractivity (Wildman–Crippen MR) is 130 cm³/mol. The number of hydrogen-bond donors (Lipinski definition) is 1. The van der Waals surface area contributed by atoms with Gasteiger partial charge in [-0.15, -0.1) is 0 Å². The summed E-state index contributed by atoms with van der Waals surface area (Å²) in [6, 6.07) is 0. The lowest BCUT2D eigenvalue weighted by atomic mass is 9.89. The quantitative estimate of drug-likeness (QED) is 0.176. The van der Waals surface area contributed by atoms with E-state index in [0.717, 1.165) is 13.0 Å². The standard InChI is InChI=1S/C26H54O5/c1-6-7-8-9-10-11-12-13-14-15-16-17-18-28-19-20-29-21-22-30-23-24-31-26(4,5)25(2,3)27/h27H,6-24H2,1-5H3. The minimum Gasteiger partial charge on any atom is -0.387 e. The Morgan fingerprint density at radius 2 is 0.839 bits per heavy atom. The second kappa shape index (κ2) is 20.4. The van der Waals surface area contributed by atoms with Gasteiger partial charge in [0.05, 0.1) is 50.8 Å². The Balaban J connectivity index is 3.16. The molecule has 0 aromatic carbocycles. The van der Waals surface area contributed by atoms with Crippen molar-refractivity contribution >= 4 is 0 Å². The molecule has 0 atom stereocenters. The van der Waals surface area contributed by atoms with Crippen LogP contribution in [0.3, 0.4) is 0 Å². The van der Waals surface area contributed by atoms with Crippen molar-refractivity contribution in [3.05, 3.63) is 0 Å². The molecule has 0 aliphatic carbocycles. The molecule has 0 bridgehead atoms. The fourth-order valence-corrected chi connectivity index (χ4v) is 3.12. The molecule has 188 valence electrons. The maximum atomic E-state index is 10.0. The Labute approximate surface area is 193 Å². The molecular weight excluding hydrogens is 392 g/mol. The molecule has 0 aromatic rings. The molecule has 0 aliphatic heterocycles. The van der Waals surface area contributed by atoms with Crippen LogP contribution in [-0.4, -0.2) is 62.6 Å². The first-order valence-electron chi connectivity index (χ1n) is 12.9. The highest BCUT2D eigenvalue weighted by molar-refractivity contribution is 4.87. The zero-order valence-electron chi connectivity index (χ0n) is 21.5. The molecule has 0 amide bonds. The molecule has 0 aliphatic rings. The second-order valence-electron chi connectivity index (χ2n) is 9.64. The summed E-state index contributed by atoms with van der Waals surface area (Å²) in [5.41, 5.74) is -1.49. The second-order valence-corrected chi connectivity index (χ2v) is 9.64. The molecule has 5 heteroatoms. The van der Waals surface area contributed by atoms with Gasteiger partial charge >= 0.3 is 0 Å². The molecular formula is C26H54O5. The number of rotatable bonds is 24. The van der Waals surface area contributed by atoms with Gasteiger partial charge in [0.2, 0.25) is 0 Å². The van der Waals surface area contributed by atoms with E-state index in [1.807, 2.05) is 13.8 Å². The van der Waals surface area contributed by atoms with Crippen molar-refractivity contribution in [2.24, 2.45) is 0 Å². The third-order valence-electron chi connectivity index (χ3n) is 6.05. The lowest BCUT2D eigenvalue weighted by Gasteiger charge is -2.37. The molecule has 31 heavy (non-hydrogen) atoms. The van der Waals surface area contributed by atoms with Crippen molar-refractivity contribution in [3.63, 3.8) is 0 Å². The third-order valence-corrected chi connectivity index (χ3v) is 6.05. The van der Waals surface area contributed by atoms with Crippen LogP contribution in [0.2, 0.25) is 0 Å². The lowest BCUT2D eigenvalue weighted by molar-refractivity contribution is -0.155. The molecule has 0 aromatic heterocycles. The van der Waals surface area contributed by atoms with Crippen LogP contribution in [-0.2, 0) is 18.9 Å². The normalized spacial score (nSPS) is 12.6. The van der Waals surface area contributed by atoms with E-state index in [1.165, 1.54) is 70.6 Å². The zero-order valence-corrected chi connectivity index (χ0v) is 21.5. The Morgan fingerprint density at radius 1 is 0.484 bits per heavy atom. The van der Waals surface area contributed by atoms with E-state index in [2.05, 4.69) is 6.92 Å². The summed E-state index contributed by atoms with van der Waals surface area (Å²) in [4.78, 5) is 0. The summed E-state index contributed by atoms with van der Waals surface area (Å²) in [6.45, 7) is 13.7. The van der Waals surface area contributed by atoms with Gasteiger partial charge in [0.25, 0.3) is 0 Å². The van der Waals surface area contributed by atoms with Crippen LogP contribution < -0.4 is 0 Å². The molecule has 1 N–H and O–H groups in total. The molecule has 0 heterocycles. The topological polar surface area (TPSA) is 57.2 Å². The van der Waals surface area contributed by atoms with Crippen molar-refractivity contribution in [1.29, 1.82) is 0 Å². The molecule has 0 spiro atoms. The van der Waals surface area contributed by atoms with Crippen molar-refractivity contribution in [2.75, 3.05) is 46.2 Å². The SMILES string of the molecule is CCCCCCCCCCCCCCOCCOCCOCCOC(C)(C)C(C)(C)O. The van der Waals surface area contributed by atoms with E-state index >= 15 is 0 Å². The van der Waals surface area contributed by atoms with Gasteiger partial charge < -0.3 is 24.1 Å². The predicted octanol–water partition coefficient (Wildman–Crippen LogP) is 6.30. The van der Waals surface area contributed by atoms with Crippen LogP contribution in [0.15, 0.2) is 0 Å². The highest BCUT2D eigenvalue weighted by atomic mass is 16.6. The van der Waals surface area contributed by atoms with Gasteiger partial charge in [0.15, 0.2) is 0 Å².